The van der Waals surface area contributed by atoms with Crippen LogP contribution in [0, 0.1) is 6.20 Å². The van der Waals surface area contributed by atoms with Crippen LogP contribution in [-0.2, 0) is 7.05 Å². The summed E-state index contributed by atoms with van der Waals surface area (Å²) in [7, 11) is 5.09. The van der Waals surface area contributed by atoms with Gasteiger partial charge in [-0.25, -0.2) is 0 Å². The molecule has 4 heteroatoms. The highest BCUT2D eigenvalue weighted by atomic mass is 16.5. The smallest absolute Gasteiger partial charge is 0.132 e. The maximum absolute atomic E-state index is 5.31. The van der Waals surface area contributed by atoms with E-state index in [9.17, 15) is 0 Å². The Morgan fingerprint density at radius 2 is 2.06 bits per heavy atom. The van der Waals surface area contributed by atoms with Crippen LogP contribution < -0.4 is 9.47 Å². The molecule has 0 aliphatic heterocycles. The van der Waals surface area contributed by atoms with E-state index < -0.39 is 0 Å². The number of hydrogen-bond donors (Lipinski definition) is 0. The zero-order valence-corrected chi connectivity index (χ0v) is 9.52. The molecular formula is C12H13N2O2. The molecule has 0 saturated heterocycles. The Kier molecular flexibility index (Phi) is 2.81. The van der Waals surface area contributed by atoms with Crippen molar-refractivity contribution < 1.29 is 9.47 Å². The Morgan fingerprint density at radius 3 is 2.62 bits per heavy atom. The lowest BCUT2D eigenvalue weighted by Gasteiger charge is -2.08. The minimum absolute atomic E-state index is 0.742. The second-order valence-electron chi connectivity index (χ2n) is 3.35. The molecule has 0 aliphatic carbocycles. The fourth-order valence-electron chi connectivity index (χ4n) is 1.52. The molecule has 0 bridgehead atoms. The lowest BCUT2D eigenvalue weighted by Crippen LogP contribution is -1.92. The molecule has 2 aromatic rings. The van der Waals surface area contributed by atoms with Crippen molar-refractivity contribution >= 4 is 0 Å². The maximum Gasteiger partial charge on any atom is 0.132 e. The van der Waals surface area contributed by atoms with Gasteiger partial charge in [0.2, 0.25) is 0 Å². The molecule has 0 aliphatic rings. The molecule has 2 rings (SSSR count). The Morgan fingerprint density at radius 1 is 1.25 bits per heavy atom. The number of aryl methyl sites for hydroxylation is 1. The highest BCUT2D eigenvalue weighted by molar-refractivity contribution is 5.68. The van der Waals surface area contributed by atoms with Crippen LogP contribution in [0.15, 0.2) is 24.3 Å². The highest BCUT2D eigenvalue weighted by Gasteiger charge is 2.09. The lowest BCUT2D eigenvalue weighted by atomic mass is 10.1. The van der Waals surface area contributed by atoms with E-state index in [-0.39, 0.29) is 0 Å². The average Bonchev–Trinajstić information content (AvgIpc) is 2.74. The first kappa shape index (κ1) is 10.5. The van der Waals surface area contributed by atoms with Crippen molar-refractivity contribution in [3.8, 4) is 22.8 Å². The van der Waals surface area contributed by atoms with Gasteiger partial charge in [0.1, 0.15) is 11.5 Å². The molecule has 1 radical (unpaired) electrons. The van der Waals surface area contributed by atoms with Gasteiger partial charge < -0.3 is 9.47 Å². The minimum Gasteiger partial charge on any atom is -0.497 e. The van der Waals surface area contributed by atoms with Crippen molar-refractivity contribution in [2.24, 2.45) is 7.05 Å². The van der Waals surface area contributed by atoms with Gasteiger partial charge in [-0.3, -0.25) is 4.68 Å². The Labute approximate surface area is 94.4 Å². The Hall–Kier alpha value is -1.97. The number of rotatable bonds is 3. The molecule has 16 heavy (non-hydrogen) atoms. The molecule has 1 heterocycles. The first-order valence-corrected chi connectivity index (χ1v) is 4.88. The van der Waals surface area contributed by atoms with Crippen LogP contribution in [0.2, 0.25) is 0 Å². The summed E-state index contributed by atoms with van der Waals surface area (Å²) in [6.07, 6.45) is 2.97. The molecule has 0 spiro atoms. The van der Waals surface area contributed by atoms with Gasteiger partial charge in [-0.15, -0.1) is 0 Å². The van der Waals surface area contributed by atoms with E-state index in [4.69, 9.17) is 9.47 Å². The zero-order chi connectivity index (χ0) is 11.5. The van der Waals surface area contributed by atoms with Gasteiger partial charge in [-0.1, -0.05) is 0 Å². The van der Waals surface area contributed by atoms with E-state index in [1.54, 1.807) is 18.9 Å². The number of methoxy groups -OCH3 is 2. The quantitative estimate of drug-likeness (QED) is 0.787. The Balaban J connectivity index is 2.48. The predicted molar refractivity (Wildman–Crippen MR) is 60.6 cm³/mol. The predicted octanol–water partition coefficient (Wildman–Crippen LogP) is 1.90. The average molecular weight is 217 g/mol. The number of benzene rings is 1. The second-order valence-corrected chi connectivity index (χ2v) is 3.35. The van der Waals surface area contributed by atoms with Crippen LogP contribution in [0.25, 0.3) is 11.3 Å². The Bertz CT molecular complexity index is 492. The van der Waals surface area contributed by atoms with Gasteiger partial charge >= 0.3 is 0 Å². The molecule has 0 atom stereocenters. The van der Waals surface area contributed by atoms with Crippen LogP contribution in [0.3, 0.4) is 0 Å². The van der Waals surface area contributed by atoms with Crippen LogP contribution in [-0.4, -0.2) is 24.0 Å². The number of nitrogens with zero attached hydrogens (tertiary/aromatic N) is 2. The summed E-state index contributed by atoms with van der Waals surface area (Å²) in [6, 6.07) is 7.47. The molecule has 1 aromatic heterocycles. The first-order valence-electron chi connectivity index (χ1n) is 4.88. The molecule has 0 N–H and O–H groups in total. The van der Waals surface area contributed by atoms with Gasteiger partial charge in [0.05, 0.1) is 26.1 Å². The van der Waals surface area contributed by atoms with Crippen molar-refractivity contribution in [3.63, 3.8) is 0 Å². The third-order valence-corrected chi connectivity index (χ3v) is 2.33. The molecule has 0 saturated carbocycles. The summed E-state index contributed by atoms with van der Waals surface area (Å²) in [5, 5.41) is 4.29. The summed E-state index contributed by atoms with van der Waals surface area (Å²) in [5.41, 5.74) is 1.77. The number of ether oxygens (including phenoxy) is 2. The third kappa shape index (κ3) is 1.86. The SMILES string of the molecule is COc1ccc(-c2c[c]n(C)n2)c(OC)c1. The number of aromatic nitrogens is 2. The summed E-state index contributed by atoms with van der Waals surface area (Å²) >= 11 is 0. The minimum atomic E-state index is 0.742. The lowest BCUT2D eigenvalue weighted by molar-refractivity contribution is 0.395. The van der Waals surface area contributed by atoms with E-state index >= 15 is 0 Å². The molecule has 0 fully saturated rings. The first-order chi connectivity index (χ1) is 7.74. The molecule has 0 amide bonds. The molecule has 1 aromatic carbocycles. The van der Waals surface area contributed by atoms with Gasteiger partial charge in [0.25, 0.3) is 0 Å². The summed E-state index contributed by atoms with van der Waals surface area (Å²) in [4.78, 5) is 0. The summed E-state index contributed by atoms with van der Waals surface area (Å²) in [6.45, 7) is 0. The van der Waals surface area contributed by atoms with Crippen LogP contribution in [0.1, 0.15) is 0 Å². The highest BCUT2D eigenvalue weighted by Crippen LogP contribution is 2.31. The van der Waals surface area contributed by atoms with Gasteiger partial charge in [0.15, 0.2) is 0 Å². The number of hydrogen-bond acceptors (Lipinski definition) is 3. The standard InChI is InChI=1S/C12H13N2O2/c1-14-7-6-11(13-14)10-5-4-9(15-2)8-12(10)16-3/h4-6,8H,1-3H3. The van der Waals surface area contributed by atoms with Crippen molar-refractivity contribution in [3.05, 3.63) is 30.5 Å². The van der Waals surface area contributed by atoms with Crippen molar-refractivity contribution in [2.75, 3.05) is 14.2 Å². The van der Waals surface area contributed by atoms with E-state index in [0.717, 1.165) is 22.8 Å². The van der Waals surface area contributed by atoms with E-state index in [1.807, 2.05) is 31.3 Å². The van der Waals surface area contributed by atoms with Gasteiger partial charge in [-0.05, 0) is 18.2 Å². The van der Waals surface area contributed by atoms with E-state index in [0.29, 0.717) is 0 Å². The van der Waals surface area contributed by atoms with Crippen molar-refractivity contribution in [1.82, 2.24) is 9.78 Å². The second kappa shape index (κ2) is 4.26. The van der Waals surface area contributed by atoms with E-state index in [2.05, 4.69) is 11.3 Å². The summed E-state index contributed by atoms with van der Waals surface area (Å²) in [5.74, 6) is 1.51. The normalized spacial score (nSPS) is 10.2. The van der Waals surface area contributed by atoms with E-state index in [1.165, 1.54) is 0 Å². The molecule has 83 valence electrons. The van der Waals surface area contributed by atoms with Gasteiger partial charge in [-0.2, -0.15) is 5.10 Å². The molecule has 4 nitrogen and oxygen atoms in total. The maximum atomic E-state index is 5.31. The third-order valence-electron chi connectivity index (χ3n) is 2.33. The topological polar surface area (TPSA) is 36.3 Å². The van der Waals surface area contributed by atoms with Crippen molar-refractivity contribution in [1.29, 1.82) is 0 Å². The van der Waals surface area contributed by atoms with Gasteiger partial charge in [0, 0.05) is 18.7 Å². The molecule has 0 unspecified atom stereocenters. The largest absolute Gasteiger partial charge is 0.497 e. The van der Waals surface area contributed by atoms with Crippen LogP contribution >= 0.6 is 0 Å². The zero-order valence-electron chi connectivity index (χ0n) is 9.52. The van der Waals surface area contributed by atoms with Crippen LogP contribution in [0.5, 0.6) is 11.5 Å². The van der Waals surface area contributed by atoms with Crippen molar-refractivity contribution in [2.45, 2.75) is 0 Å². The fraction of sp³-hybridized carbons (Fsp3) is 0.250. The van der Waals surface area contributed by atoms with Crippen LogP contribution in [0.4, 0.5) is 0 Å². The molecular weight excluding hydrogens is 204 g/mol. The summed E-state index contributed by atoms with van der Waals surface area (Å²) < 4.78 is 12.1. The monoisotopic (exact) mass is 217 g/mol. The fourth-order valence-corrected chi connectivity index (χ4v) is 1.52.